The van der Waals surface area contributed by atoms with Crippen LogP contribution >= 0.6 is 0 Å². The average molecular weight is 225 g/mol. The summed E-state index contributed by atoms with van der Waals surface area (Å²) in [7, 11) is 0. The number of rotatable bonds is 7. The van der Waals surface area contributed by atoms with Crippen LogP contribution in [-0.4, -0.2) is 25.8 Å². The van der Waals surface area contributed by atoms with E-state index in [2.05, 4.69) is 19.2 Å². The summed E-state index contributed by atoms with van der Waals surface area (Å²) in [5, 5.41) is 3.60. The Morgan fingerprint density at radius 2 is 1.81 bits per heavy atom. The molecule has 0 saturated heterocycles. The molecule has 2 saturated carbocycles. The average Bonchev–Trinajstić information content (AvgIpc) is 2.93. The zero-order chi connectivity index (χ0) is 11.4. The predicted molar refractivity (Wildman–Crippen MR) is 67.6 cm³/mol. The summed E-state index contributed by atoms with van der Waals surface area (Å²) in [6.45, 7) is 7.60. The van der Waals surface area contributed by atoms with E-state index in [1.54, 1.807) is 0 Å². The molecule has 2 nitrogen and oxygen atoms in total. The summed E-state index contributed by atoms with van der Waals surface area (Å²) in [4.78, 5) is 0. The zero-order valence-electron chi connectivity index (χ0n) is 10.9. The summed E-state index contributed by atoms with van der Waals surface area (Å²) in [5.74, 6) is 0.854. The maximum atomic E-state index is 5.90. The van der Waals surface area contributed by atoms with E-state index in [1.165, 1.54) is 38.5 Å². The van der Waals surface area contributed by atoms with Gasteiger partial charge in [0.25, 0.3) is 0 Å². The van der Waals surface area contributed by atoms with Crippen molar-refractivity contribution in [1.29, 1.82) is 0 Å². The second-order valence-electron chi connectivity index (χ2n) is 6.48. The molecule has 0 heterocycles. The fourth-order valence-electron chi connectivity index (χ4n) is 2.44. The van der Waals surface area contributed by atoms with E-state index < -0.39 is 0 Å². The number of hydrogen-bond acceptors (Lipinski definition) is 2. The highest BCUT2D eigenvalue weighted by molar-refractivity contribution is 4.84. The molecule has 1 N–H and O–H groups in total. The quantitative estimate of drug-likeness (QED) is 0.719. The molecule has 0 aliphatic heterocycles. The predicted octanol–water partition coefficient (Wildman–Crippen LogP) is 2.97. The maximum Gasteiger partial charge on any atom is 0.0529 e. The Morgan fingerprint density at radius 1 is 1.12 bits per heavy atom. The highest BCUT2D eigenvalue weighted by atomic mass is 16.5. The fourth-order valence-corrected chi connectivity index (χ4v) is 2.44. The summed E-state index contributed by atoms with van der Waals surface area (Å²) >= 11 is 0. The van der Waals surface area contributed by atoms with Gasteiger partial charge in [-0.1, -0.05) is 26.7 Å². The van der Waals surface area contributed by atoms with Crippen molar-refractivity contribution < 1.29 is 4.74 Å². The van der Waals surface area contributed by atoms with Gasteiger partial charge in [-0.3, -0.25) is 0 Å². The maximum absolute atomic E-state index is 5.90. The molecule has 0 bridgehead atoms. The lowest BCUT2D eigenvalue weighted by Crippen LogP contribution is -2.34. The van der Waals surface area contributed by atoms with Crippen LogP contribution in [0, 0.1) is 11.3 Å². The van der Waals surface area contributed by atoms with Crippen molar-refractivity contribution in [1.82, 2.24) is 5.32 Å². The monoisotopic (exact) mass is 225 g/mol. The van der Waals surface area contributed by atoms with Gasteiger partial charge in [0.05, 0.1) is 6.61 Å². The minimum absolute atomic E-state index is 0.293. The first kappa shape index (κ1) is 12.4. The molecule has 0 aromatic rings. The van der Waals surface area contributed by atoms with E-state index in [4.69, 9.17) is 4.74 Å². The van der Waals surface area contributed by atoms with Crippen molar-refractivity contribution >= 4 is 0 Å². The minimum atomic E-state index is 0.293. The molecule has 0 aromatic carbocycles. The van der Waals surface area contributed by atoms with Crippen LogP contribution in [0.2, 0.25) is 0 Å². The van der Waals surface area contributed by atoms with Crippen LogP contribution in [0.4, 0.5) is 0 Å². The molecule has 2 aliphatic rings. The highest BCUT2D eigenvalue weighted by Gasteiger charge is 2.25. The molecular weight excluding hydrogens is 198 g/mol. The van der Waals surface area contributed by atoms with E-state index in [0.29, 0.717) is 5.41 Å². The van der Waals surface area contributed by atoms with Crippen LogP contribution in [0.25, 0.3) is 0 Å². The molecule has 2 rings (SSSR count). The zero-order valence-corrected chi connectivity index (χ0v) is 10.9. The molecule has 2 aliphatic carbocycles. The Kier molecular flexibility index (Phi) is 4.26. The molecule has 2 fully saturated rings. The van der Waals surface area contributed by atoms with Crippen LogP contribution in [0.5, 0.6) is 0 Å². The molecule has 0 spiro atoms. The van der Waals surface area contributed by atoms with E-state index in [-0.39, 0.29) is 0 Å². The van der Waals surface area contributed by atoms with Crippen molar-refractivity contribution in [2.45, 2.75) is 58.4 Å². The lowest BCUT2D eigenvalue weighted by Gasteiger charge is -2.25. The van der Waals surface area contributed by atoms with E-state index in [9.17, 15) is 0 Å². The van der Waals surface area contributed by atoms with Crippen LogP contribution in [0.1, 0.15) is 52.4 Å². The smallest absolute Gasteiger partial charge is 0.0529 e. The third kappa shape index (κ3) is 4.42. The number of ether oxygens (including phenoxy) is 1. The molecule has 94 valence electrons. The molecule has 0 aromatic heterocycles. The second-order valence-corrected chi connectivity index (χ2v) is 6.48. The number of hydrogen-bond donors (Lipinski definition) is 1. The van der Waals surface area contributed by atoms with Gasteiger partial charge in [0.1, 0.15) is 0 Å². The molecule has 16 heavy (non-hydrogen) atoms. The summed E-state index contributed by atoms with van der Waals surface area (Å²) in [5.41, 5.74) is 0.293. The third-order valence-corrected chi connectivity index (χ3v) is 3.77. The Morgan fingerprint density at radius 3 is 2.44 bits per heavy atom. The molecule has 0 atom stereocenters. The van der Waals surface area contributed by atoms with Crippen molar-refractivity contribution in [3.05, 3.63) is 0 Å². The Labute approximate surface area is 100 Å². The Hall–Kier alpha value is -0.0800. The Balaban J connectivity index is 1.55. The lowest BCUT2D eigenvalue weighted by atomic mass is 9.94. The van der Waals surface area contributed by atoms with Gasteiger partial charge in [0.15, 0.2) is 0 Å². The van der Waals surface area contributed by atoms with Gasteiger partial charge in [-0.15, -0.1) is 0 Å². The van der Waals surface area contributed by atoms with Gasteiger partial charge in [-0.2, -0.15) is 0 Å². The molecule has 0 radical (unpaired) electrons. The van der Waals surface area contributed by atoms with Crippen molar-refractivity contribution in [3.8, 4) is 0 Å². The molecule has 2 heteroatoms. The van der Waals surface area contributed by atoms with Crippen LogP contribution < -0.4 is 5.32 Å². The first-order chi connectivity index (χ1) is 7.66. The van der Waals surface area contributed by atoms with Gasteiger partial charge < -0.3 is 10.1 Å². The van der Waals surface area contributed by atoms with Gasteiger partial charge >= 0.3 is 0 Å². The van der Waals surface area contributed by atoms with Crippen molar-refractivity contribution in [3.63, 3.8) is 0 Å². The summed E-state index contributed by atoms with van der Waals surface area (Å²) in [6, 6.07) is 0.814. The normalized spacial score (nSPS) is 22.9. The Bertz CT molecular complexity index is 205. The van der Waals surface area contributed by atoms with Crippen LogP contribution in [0.15, 0.2) is 0 Å². The standard InChI is InChI=1S/C14H27NO/c1-14(2,10-15-13-7-8-13)11-16-9-12-5-3-4-6-12/h12-13,15H,3-11H2,1-2H3. The minimum Gasteiger partial charge on any atom is -0.381 e. The number of nitrogens with one attached hydrogen (secondary N) is 1. The van der Waals surface area contributed by atoms with Gasteiger partial charge in [0.2, 0.25) is 0 Å². The molecular formula is C14H27NO. The SMILES string of the molecule is CC(C)(CNC1CC1)COCC1CCCC1. The topological polar surface area (TPSA) is 21.3 Å². The van der Waals surface area contributed by atoms with Crippen molar-refractivity contribution in [2.75, 3.05) is 19.8 Å². The summed E-state index contributed by atoms with van der Waals surface area (Å²) < 4.78 is 5.90. The molecule has 0 unspecified atom stereocenters. The third-order valence-electron chi connectivity index (χ3n) is 3.77. The first-order valence-corrected chi connectivity index (χ1v) is 6.97. The van der Waals surface area contributed by atoms with E-state index in [1.807, 2.05) is 0 Å². The van der Waals surface area contributed by atoms with Gasteiger partial charge in [-0.05, 0) is 31.6 Å². The summed E-state index contributed by atoms with van der Waals surface area (Å²) in [6.07, 6.45) is 8.36. The fraction of sp³-hybridized carbons (Fsp3) is 1.00. The highest BCUT2D eigenvalue weighted by Crippen LogP contribution is 2.26. The lowest BCUT2D eigenvalue weighted by molar-refractivity contribution is 0.0413. The largest absolute Gasteiger partial charge is 0.381 e. The first-order valence-electron chi connectivity index (χ1n) is 6.97. The van der Waals surface area contributed by atoms with Crippen LogP contribution in [0.3, 0.4) is 0 Å². The van der Waals surface area contributed by atoms with Crippen LogP contribution in [-0.2, 0) is 4.74 Å². The molecule has 0 amide bonds. The van der Waals surface area contributed by atoms with Crippen molar-refractivity contribution in [2.24, 2.45) is 11.3 Å². The second kappa shape index (κ2) is 5.50. The van der Waals surface area contributed by atoms with E-state index in [0.717, 1.165) is 31.7 Å². The van der Waals surface area contributed by atoms with Gasteiger partial charge in [-0.25, -0.2) is 0 Å². The van der Waals surface area contributed by atoms with E-state index >= 15 is 0 Å². The van der Waals surface area contributed by atoms with Gasteiger partial charge in [0, 0.05) is 24.6 Å².